The van der Waals surface area contributed by atoms with E-state index in [9.17, 15) is 4.79 Å². The second kappa shape index (κ2) is 10.0. The Kier molecular flexibility index (Phi) is 7.41. The van der Waals surface area contributed by atoms with Crippen LogP contribution in [0.4, 0.5) is 5.69 Å². The summed E-state index contributed by atoms with van der Waals surface area (Å²) >= 11 is 13.2. The van der Waals surface area contributed by atoms with Crippen molar-refractivity contribution in [3.63, 3.8) is 0 Å². The minimum absolute atomic E-state index is 0.157. The van der Waals surface area contributed by atoms with Gasteiger partial charge < -0.3 is 14.6 Å². The number of anilines is 1. The molecule has 29 heavy (non-hydrogen) atoms. The van der Waals surface area contributed by atoms with Gasteiger partial charge >= 0.3 is 0 Å². The standard InChI is InChI=1S/C20H20Cl2N4O2S/c1-3-26-18(10-13-4-7-15(28-2)8-5-13)24-25-20(26)29-12-19(27)23-14-6-9-16(21)17(22)11-14/h4-9,11H,3,10,12H2,1-2H3,(H,23,27). The van der Waals surface area contributed by atoms with E-state index in [1.165, 1.54) is 11.8 Å². The average Bonchev–Trinajstić information content (AvgIpc) is 3.11. The molecule has 0 saturated carbocycles. The van der Waals surface area contributed by atoms with E-state index in [1.807, 2.05) is 35.8 Å². The number of carbonyl (C=O) groups excluding carboxylic acids is 1. The molecule has 0 bridgehead atoms. The lowest BCUT2D eigenvalue weighted by Crippen LogP contribution is -2.14. The number of nitrogens with zero attached hydrogens (tertiary/aromatic N) is 3. The number of thioether (sulfide) groups is 1. The molecular weight excluding hydrogens is 431 g/mol. The number of aromatic nitrogens is 3. The summed E-state index contributed by atoms with van der Waals surface area (Å²) < 4.78 is 7.20. The molecule has 6 nitrogen and oxygen atoms in total. The van der Waals surface area contributed by atoms with Crippen LogP contribution in [0.1, 0.15) is 18.3 Å². The van der Waals surface area contributed by atoms with Crippen LogP contribution in [0.15, 0.2) is 47.6 Å². The molecule has 0 aliphatic rings. The van der Waals surface area contributed by atoms with Crippen LogP contribution in [-0.4, -0.2) is 33.5 Å². The van der Waals surface area contributed by atoms with Crippen molar-refractivity contribution in [2.75, 3.05) is 18.2 Å². The number of methoxy groups -OCH3 is 1. The molecule has 0 radical (unpaired) electrons. The molecule has 3 aromatic rings. The van der Waals surface area contributed by atoms with E-state index >= 15 is 0 Å². The summed E-state index contributed by atoms with van der Waals surface area (Å²) in [4.78, 5) is 12.3. The second-order valence-corrected chi connectivity index (χ2v) is 7.89. The maximum atomic E-state index is 12.3. The molecule has 1 aromatic heterocycles. The molecule has 0 saturated heterocycles. The number of amides is 1. The molecule has 1 amide bonds. The van der Waals surface area contributed by atoms with Gasteiger partial charge in [-0.2, -0.15) is 0 Å². The van der Waals surface area contributed by atoms with E-state index in [0.29, 0.717) is 27.3 Å². The van der Waals surface area contributed by atoms with Gasteiger partial charge in [-0.05, 0) is 42.8 Å². The number of hydrogen-bond donors (Lipinski definition) is 1. The molecule has 0 unspecified atom stereocenters. The normalized spacial score (nSPS) is 10.8. The second-order valence-electron chi connectivity index (χ2n) is 6.13. The van der Waals surface area contributed by atoms with E-state index in [4.69, 9.17) is 27.9 Å². The monoisotopic (exact) mass is 450 g/mol. The highest BCUT2D eigenvalue weighted by atomic mass is 35.5. The Morgan fingerprint density at radius 3 is 2.55 bits per heavy atom. The van der Waals surface area contributed by atoms with Crippen molar-refractivity contribution >= 4 is 46.6 Å². The highest BCUT2D eigenvalue weighted by molar-refractivity contribution is 7.99. The van der Waals surface area contributed by atoms with Gasteiger partial charge in [0.05, 0.1) is 22.9 Å². The van der Waals surface area contributed by atoms with Crippen molar-refractivity contribution in [2.24, 2.45) is 0 Å². The molecule has 3 rings (SSSR count). The predicted molar refractivity (Wildman–Crippen MR) is 117 cm³/mol. The summed E-state index contributed by atoms with van der Waals surface area (Å²) in [7, 11) is 1.64. The lowest BCUT2D eigenvalue weighted by Gasteiger charge is -2.09. The van der Waals surface area contributed by atoms with E-state index in [1.54, 1.807) is 25.3 Å². The van der Waals surface area contributed by atoms with Crippen LogP contribution in [-0.2, 0) is 17.8 Å². The van der Waals surface area contributed by atoms with E-state index in [-0.39, 0.29) is 11.7 Å². The van der Waals surface area contributed by atoms with Gasteiger partial charge in [-0.15, -0.1) is 10.2 Å². The van der Waals surface area contributed by atoms with Gasteiger partial charge in [0.2, 0.25) is 5.91 Å². The molecule has 0 aliphatic heterocycles. The van der Waals surface area contributed by atoms with Gasteiger partial charge in [-0.1, -0.05) is 47.1 Å². The van der Waals surface area contributed by atoms with E-state index in [0.717, 1.165) is 23.7 Å². The molecule has 2 aromatic carbocycles. The fourth-order valence-electron chi connectivity index (χ4n) is 2.70. The molecule has 0 fully saturated rings. The Morgan fingerprint density at radius 1 is 1.14 bits per heavy atom. The third-order valence-electron chi connectivity index (χ3n) is 4.17. The maximum Gasteiger partial charge on any atom is 0.234 e. The third kappa shape index (κ3) is 5.65. The molecule has 1 heterocycles. The van der Waals surface area contributed by atoms with Crippen molar-refractivity contribution < 1.29 is 9.53 Å². The topological polar surface area (TPSA) is 69.0 Å². The number of nitrogens with one attached hydrogen (secondary N) is 1. The Bertz CT molecular complexity index is 993. The van der Waals surface area contributed by atoms with E-state index in [2.05, 4.69) is 15.5 Å². The van der Waals surface area contributed by atoms with E-state index < -0.39 is 0 Å². The van der Waals surface area contributed by atoms with Gasteiger partial charge in [0, 0.05) is 18.7 Å². The zero-order chi connectivity index (χ0) is 20.8. The van der Waals surface area contributed by atoms with Gasteiger partial charge in [0.1, 0.15) is 11.6 Å². The van der Waals surface area contributed by atoms with Gasteiger partial charge in [0.25, 0.3) is 0 Å². The zero-order valence-electron chi connectivity index (χ0n) is 16.0. The van der Waals surface area contributed by atoms with Gasteiger partial charge in [0.15, 0.2) is 5.16 Å². The van der Waals surface area contributed by atoms with Crippen molar-refractivity contribution in [3.8, 4) is 5.75 Å². The predicted octanol–water partition coefficient (Wildman–Crippen LogP) is 4.94. The van der Waals surface area contributed by atoms with Crippen LogP contribution >= 0.6 is 35.0 Å². The van der Waals surface area contributed by atoms with Crippen LogP contribution in [0.5, 0.6) is 5.75 Å². The van der Waals surface area contributed by atoms with Crippen LogP contribution in [0, 0.1) is 0 Å². The summed E-state index contributed by atoms with van der Waals surface area (Å²) in [5.74, 6) is 1.72. The smallest absolute Gasteiger partial charge is 0.234 e. The minimum atomic E-state index is -0.157. The summed E-state index contributed by atoms with van der Waals surface area (Å²) in [5, 5.41) is 12.9. The number of rotatable bonds is 8. The van der Waals surface area contributed by atoms with Crippen molar-refractivity contribution in [2.45, 2.75) is 25.0 Å². The molecule has 9 heteroatoms. The van der Waals surface area contributed by atoms with Crippen molar-refractivity contribution in [1.82, 2.24) is 14.8 Å². The lowest BCUT2D eigenvalue weighted by atomic mass is 10.1. The third-order valence-corrected chi connectivity index (χ3v) is 5.87. The van der Waals surface area contributed by atoms with Crippen LogP contribution in [0.3, 0.4) is 0 Å². The number of carbonyl (C=O) groups is 1. The zero-order valence-corrected chi connectivity index (χ0v) is 18.3. The molecule has 0 atom stereocenters. The molecule has 0 spiro atoms. The minimum Gasteiger partial charge on any atom is -0.497 e. The van der Waals surface area contributed by atoms with Crippen LogP contribution < -0.4 is 10.1 Å². The Hall–Kier alpha value is -2.22. The molecule has 0 aliphatic carbocycles. The molecule has 1 N–H and O–H groups in total. The highest BCUT2D eigenvalue weighted by Crippen LogP contribution is 2.25. The summed E-state index contributed by atoms with van der Waals surface area (Å²) in [6, 6.07) is 12.8. The first-order chi connectivity index (χ1) is 14.0. The largest absolute Gasteiger partial charge is 0.497 e. The lowest BCUT2D eigenvalue weighted by molar-refractivity contribution is -0.113. The first kappa shape index (κ1) is 21.5. The number of benzene rings is 2. The maximum absolute atomic E-state index is 12.3. The summed E-state index contributed by atoms with van der Waals surface area (Å²) in [6.07, 6.45) is 0.654. The first-order valence-electron chi connectivity index (χ1n) is 8.93. The number of ether oxygens (including phenoxy) is 1. The molecule has 152 valence electrons. The van der Waals surface area contributed by atoms with Crippen LogP contribution in [0.2, 0.25) is 10.0 Å². The number of hydrogen-bond acceptors (Lipinski definition) is 5. The Labute approximate surface area is 183 Å². The van der Waals surface area contributed by atoms with Gasteiger partial charge in [-0.25, -0.2) is 0 Å². The highest BCUT2D eigenvalue weighted by Gasteiger charge is 2.14. The first-order valence-corrected chi connectivity index (χ1v) is 10.7. The quantitative estimate of drug-likeness (QED) is 0.492. The summed E-state index contributed by atoms with van der Waals surface area (Å²) in [6.45, 7) is 2.75. The van der Waals surface area contributed by atoms with Crippen molar-refractivity contribution in [3.05, 3.63) is 63.9 Å². The molecular formula is C20H20Cl2N4O2S. The Morgan fingerprint density at radius 2 is 1.90 bits per heavy atom. The number of halogens is 2. The van der Waals surface area contributed by atoms with Crippen molar-refractivity contribution in [1.29, 1.82) is 0 Å². The summed E-state index contributed by atoms with van der Waals surface area (Å²) in [5.41, 5.74) is 1.71. The fourth-order valence-corrected chi connectivity index (χ4v) is 3.82. The Balaban J connectivity index is 1.61. The fraction of sp³-hybridized carbons (Fsp3) is 0.250. The average molecular weight is 451 g/mol. The SMILES string of the molecule is CCn1c(Cc2ccc(OC)cc2)nnc1SCC(=O)Nc1ccc(Cl)c(Cl)c1. The van der Waals surface area contributed by atoms with Gasteiger partial charge in [-0.3, -0.25) is 4.79 Å². The van der Waals surface area contributed by atoms with Crippen LogP contribution in [0.25, 0.3) is 0 Å².